The van der Waals surface area contributed by atoms with E-state index in [-0.39, 0.29) is 18.2 Å². The Morgan fingerprint density at radius 2 is 2.00 bits per heavy atom. The first kappa shape index (κ1) is 19.0. The van der Waals surface area contributed by atoms with Crippen LogP contribution in [-0.2, 0) is 4.79 Å². The standard InChI is InChI=1S/C19H19FN4O2S/c1-13(25)14-2-3-17(16(20)10-14)24-7-5-23(6-8-24)12-18(26)22-19-15(11-21)4-9-27-19/h2-4,9-10H,5-8,12H2,1H3,(H,22,26). The molecule has 1 amide bonds. The summed E-state index contributed by atoms with van der Waals surface area (Å²) >= 11 is 1.32. The zero-order valence-corrected chi connectivity index (χ0v) is 15.7. The minimum Gasteiger partial charge on any atom is -0.367 e. The van der Waals surface area contributed by atoms with Gasteiger partial charge in [-0.25, -0.2) is 4.39 Å². The van der Waals surface area contributed by atoms with Gasteiger partial charge in [0.1, 0.15) is 16.9 Å². The quantitative estimate of drug-likeness (QED) is 0.800. The zero-order valence-electron chi connectivity index (χ0n) is 14.9. The number of anilines is 2. The minimum absolute atomic E-state index is 0.165. The highest BCUT2D eigenvalue weighted by molar-refractivity contribution is 7.14. The third-order valence-corrected chi connectivity index (χ3v) is 5.30. The second-order valence-corrected chi connectivity index (χ2v) is 7.23. The number of nitriles is 1. The fourth-order valence-corrected chi connectivity index (χ4v) is 3.75. The number of benzene rings is 1. The van der Waals surface area contributed by atoms with Crippen molar-refractivity contribution in [3.63, 3.8) is 0 Å². The molecule has 140 valence electrons. The van der Waals surface area contributed by atoms with Gasteiger partial charge in [-0.3, -0.25) is 14.5 Å². The van der Waals surface area contributed by atoms with Gasteiger partial charge < -0.3 is 10.2 Å². The number of carbonyl (C=O) groups excluding carboxylic acids is 2. The van der Waals surface area contributed by atoms with Crippen LogP contribution in [0.3, 0.4) is 0 Å². The van der Waals surface area contributed by atoms with Gasteiger partial charge in [0.05, 0.1) is 17.8 Å². The molecule has 0 bridgehead atoms. The molecule has 27 heavy (non-hydrogen) atoms. The van der Waals surface area contributed by atoms with Crippen LogP contribution in [0.15, 0.2) is 29.6 Å². The second kappa shape index (κ2) is 8.29. The summed E-state index contributed by atoms with van der Waals surface area (Å²) in [4.78, 5) is 27.4. The SMILES string of the molecule is CC(=O)c1ccc(N2CCN(CC(=O)Nc3sccc3C#N)CC2)c(F)c1. The monoisotopic (exact) mass is 386 g/mol. The highest BCUT2D eigenvalue weighted by Gasteiger charge is 2.22. The fourth-order valence-electron chi connectivity index (χ4n) is 2.99. The Morgan fingerprint density at radius 3 is 2.63 bits per heavy atom. The molecule has 0 atom stereocenters. The Labute approximate surface area is 160 Å². The lowest BCUT2D eigenvalue weighted by atomic mass is 10.1. The van der Waals surface area contributed by atoms with Crippen molar-refractivity contribution in [1.29, 1.82) is 5.26 Å². The summed E-state index contributed by atoms with van der Waals surface area (Å²) in [6.07, 6.45) is 0. The van der Waals surface area contributed by atoms with Gasteiger partial charge in [0.25, 0.3) is 0 Å². The Bertz CT molecular complexity index is 897. The maximum atomic E-state index is 14.3. The molecule has 1 N–H and O–H groups in total. The van der Waals surface area contributed by atoms with Crippen LogP contribution < -0.4 is 10.2 Å². The summed E-state index contributed by atoms with van der Waals surface area (Å²) in [7, 11) is 0. The number of hydrogen-bond acceptors (Lipinski definition) is 6. The van der Waals surface area contributed by atoms with E-state index in [2.05, 4.69) is 5.32 Å². The van der Waals surface area contributed by atoms with Crippen molar-refractivity contribution >= 4 is 33.7 Å². The van der Waals surface area contributed by atoms with E-state index in [1.165, 1.54) is 24.3 Å². The topological polar surface area (TPSA) is 76.4 Å². The molecule has 1 aromatic heterocycles. The maximum absolute atomic E-state index is 14.3. The van der Waals surface area contributed by atoms with E-state index in [1.54, 1.807) is 23.6 Å². The highest BCUT2D eigenvalue weighted by atomic mass is 32.1. The number of rotatable bonds is 5. The second-order valence-electron chi connectivity index (χ2n) is 6.31. The Hall–Kier alpha value is -2.76. The molecule has 0 unspecified atom stereocenters. The van der Waals surface area contributed by atoms with Crippen LogP contribution in [0.2, 0.25) is 0 Å². The predicted molar refractivity (Wildman–Crippen MR) is 103 cm³/mol. The number of nitrogens with zero attached hydrogens (tertiary/aromatic N) is 3. The Morgan fingerprint density at radius 1 is 1.26 bits per heavy atom. The van der Waals surface area contributed by atoms with Gasteiger partial charge >= 0.3 is 0 Å². The molecular weight excluding hydrogens is 367 g/mol. The van der Waals surface area contributed by atoms with Gasteiger partial charge in [-0.2, -0.15) is 5.26 Å². The number of Topliss-reactive ketones (excluding diaryl/α,β-unsaturated/α-hetero) is 1. The summed E-state index contributed by atoms with van der Waals surface area (Å²) in [6, 6.07) is 8.25. The number of carbonyl (C=O) groups is 2. The van der Waals surface area contributed by atoms with E-state index in [9.17, 15) is 14.0 Å². The van der Waals surface area contributed by atoms with Crippen LogP contribution >= 0.6 is 11.3 Å². The van der Waals surface area contributed by atoms with Gasteiger partial charge in [-0.1, -0.05) is 0 Å². The molecule has 1 saturated heterocycles. The molecule has 0 saturated carbocycles. The molecule has 1 aliphatic rings. The number of amides is 1. The number of halogens is 1. The van der Waals surface area contributed by atoms with Crippen LogP contribution in [0.25, 0.3) is 0 Å². The average molecular weight is 386 g/mol. The summed E-state index contributed by atoms with van der Waals surface area (Å²) in [5, 5.41) is 14.1. The molecule has 6 nitrogen and oxygen atoms in total. The Kier molecular flexibility index (Phi) is 5.84. The molecule has 1 aliphatic heterocycles. The van der Waals surface area contributed by atoms with E-state index < -0.39 is 5.82 Å². The molecule has 2 aromatic rings. The lowest BCUT2D eigenvalue weighted by molar-refractivity contribution is -0.117. The fraction of sp³-hybridized carbons (Fsp3) is 0.316. The van der Waals surface area contributed by atoms with Gasteiger partial charge in [-0.15, -0.1) is 11.3 Å². The molecule has 0 spiro atoms. The van der Waals surface area contributed by atoms with Crippen molar-refractivity contribution in [2.45, 2.75) is 6.92 Å². The van der Waals surface area contributed by atoms with Crippen molar-refractivity contribution < 1.29 is 14.0 Å². The molecule has 1 fully saturated rings. The third kappa shape index (κ3) is 4.51. The number of ketones is 1. The number of hydrogen-bond donors (Lipinski definition) is 1. The minimum atomic E-state index is -0.407. The molecule has 0 aliphatic carbocycles. The van der Waals surface area contributed by atoms with E-state index in [0.717, 1.165) is 0 Å². The maximum Gasteiger partial charge on any atom is 0.239 e. The van der Waals surface area contributed by atoms with Gasteiger partial charge in [0, 0.05) is 31.7 Å². The molecule has 3 rings (SSSR count). The molecule has 2 heterocycles. The zero-order chi connectivity index (χ0) is 19.4. The highest BCUT2D eigenvalue weighted by Crippen LogP contribution is 2.23. The third-order valence-electron chi connectivity index (χ3n) is 4.47. The molecule has 0 radical (unpaired) electrons. The molecule has 1 aromatic carbocycles. The van der Waals surface area contributed by atoms with Crippen LogP contribution in [0.5, 0.6) is 0 Å². The molecule has 8 heteroatoms. The Balaban J connectivity index is 1.54. The van der Waals surface area contributed by atoms with Crippen LogP contribution in [-0.4, -0.2) is 49.3 Å². The summed E-state index contributed by atoms with van der Waals surface area (Å²) < 4.78 is 14.3. The predicted octanol–water partition coefficient (Wildman–Crippen LogP) is 2.72. The van der Waals surface area contributed by atoms with Crippen molar-refractivity contribution in [3.8, 4) is 6.07 Å². The first-order valence-corrected chi connectivity index (χ1v) is 9.41. The first-order chi connectivity index (χ1) is 13.0. The average Bonchev–Trinajstić information content (AvgIpc) is 3.09. The van der Waals surface area contributed by atoms with Gasteiger partial charge in [-0.05, 0) is 36.6 Å². The number of nitrogens with one attached hydrogen (secondary N) is 1. The van der Waals surface area contributed by atoms with Crippen LogP contribution in [0.1, 0.15) is 22.8 Å². The largest absolute Gasteiger partial charge is 0.367 e. The summed E-state index contributed by atoms with van der Waals surface area (Å²) in [6.45, 7) is 4.06. The van der Waals surface area contributed by atoms with Crippen molar-refractivity contribution in [1.82, 2.24) is 4.90 Å². The van der Waals surface area contributed by atoms with E-state index in [0.29, 0.717) is 48.0 Å². The van der Waals surface area contributed by atoms with Crippen LogP contribution in [0.4, 0.5) is 15.1 Å². The number of piperazine rings is 1. The normalized spacial score (nSPS) is 14.6. The lowest BCUT2D eigenvalue weighted by Gasteiger charge is -2.35. The lowest BCUT2D eigenvalue weighted by Crippen LogP contribution is -2.48. The van der Waals surface area contributed by atoms with Gasteiger partial charge in [0.2, 0.25) is 5.91 Å². The van der Waals surface area contributed by atoms with Crippen molar-refractivity contribution in [2.24, 2.45) is 0 Å². The van der Waals surface area contributed by atoms with E-state index >= 15 is 0 Å². The van der Waals surface area contributed by atoms with Gasteiger partial charge in [0.15, 0.2) is 5.78 Å². The molecular formula is C19H19FN4O2S. The first-order valence-electron chi connectivity index (χ1n) is 8.53. The summed E-state index contributed by atoms with van der Waals surface area (Å²) in [5.41, 5.74) is 1.29. The van der Waals surface area contributed by atoms with E-state index in [4.69, 9.17) is 5.26 Å². The van der Waals surface area contributed by atoms with Crippen molar-refractivity contribution in [3.05, 3.63) is 46.6 Å². The summed E-state index contributed by atoms with van der Waals surface area (Å²) in [5.74, 6) is -0.739. The van der Waals surface area contributed by atoms with Crippen molar-refractivity contribution in [2.75, 3.05) is 42.9 Å². The number of thiophene rings is 1. The van der Waals surface area contributed by atoms with Crippen LogP contribution in [0, 0.1) is 17.1 Å². The smallest absolute Gasteiger partial charge is 0.239 e. The van der Waals surface area contributed by atoms with E-state index in [1.807, 2.05) is 15.9 Å².